The van der Waals surface area contributed by atoms with E-state index < -0.39 is 5.97 Å². The molecule has 7 nitrogen and oxygen atoms in total. The van der Waals surface area contributed by atoms with Gasteiger partial charge >= 0.3 is 12.0 Å². The SMILES string of the molecule is CNC(=O)C1CCCN(C(=O)N2CCC(CC(=O)O)C2)C1. The molecule has 0 radical (unpaired) electrons. The Bertz CT molecular complexity index is 426. The van der Waals surface area contributed by atoms with Crippen LogP contribution >= 0.6 is 0 Å². The number of urea groups is 1. The van der Waals surface area contributed by atoms with E-state index >= 15 is 0 Å². The first kappa shape index (κ1) is 15.6. The zero-order chi connectivity index (χ0) is 15.4. The Morgan fingerprint density at radius 1 is 1.14 bits per heavy atom. The Kier molecular flexibility index (Phi) is 5.03. The summed E-state index contributed by atoms with van der Waals surface area (Å²) in [6.07, 6.45) is 2.50. The second kappa shape index (κ2) is 6.78. The van der Waals surface area contributed by atoms with E-state index in [4.69, 9.17) is 5.11 Å². The van der Waals surface area contributed by atoms with Crippen molar-refractivity contribution in [1.29, 1.82) is 0 Å². The van der Waals surface area contributed by atoms with Crippen LogP contribution in [0.5, 0.6) is 0 Å². The largest absolute Gasteiger partial charge is 0.481 e. The number of carboxylic acids is 1. The molecule has 2 atom stereocenters. The molecule has 0 aliphatic carbocycles. The number of piperidine rings is 1. The van der Waals surface area contributed by atoms with Crippen LogP contribution in [0.3, 0.4) is 0 Å². The number of hydrogen-bond donors (Lipinski definition) is 2. The monoisotopic (exact) mass is 297 g/mol. The number of carbonyl (C=O) groups is 3. The summed E-state index contributed by atoms with van der Waals surface area (Å²) in [6.45, 7) is 2.25. The van der Waals surface area contributed by atoms with E-state index in [1.807, 2.05) is 0 Å². The standard InChI is InChI=1S/C14H23N3O4/c1-15-13(20)11-3-2-5-16(9-11)14(21)17-6-4-10(8-17)7-12(18)19/h10-11H,2-9H2,1H3,(H,15,20)(H,18,19). The lowest BCUT2D eigenvalue weighted by atomic mass is 9.97. The molecule has 0 saturated carbocycles. The Labute approximate surface area is 124 Å². The zero-order valence-corrected chi connectivity index (χ0v) is 12.4. The molecule has 0 aromatic rings. The van der Waals surface area contributed by atoms with Crippen molar-refractivity contribution in [2.24, 2.45) is 11.8 Å². The van der Waals surface area contributed by atoms with Crippen LogP contribution in [-0.4, -0.2) is 66.0 Å². The smallest absolute Gasteiger partial charge is 0.320 e. The molecule has 118 valence electrons. The van der Waals surface area contributed by atoms with Gasteiger partial charge in [0.15, 0.2) is 0 Å². The minimum atomic E-state index is -0.813. The predicted octanol–water partition coefficient (Wildman–Crippen LogP) is 0.361. The lowest BCUT2D eigenvalue weighted by molar-refractivity contribution is -0.138. The van der Waals surface area contributed by atoms with Crippen molar-refractivity contribution in [2.75, 3.05) is 33.2 Å². The average Bonchev–Trinajstić information content (AvgIpc) is 2.93. The molecule has 2 rings (SSSR count). The molecule has 21 heavy (non-hydrogen) atoms. The Morgan fingerprint density at radius 3 is 2.52 bits per heavy atom. The molecule has 0 bridgehead atoms. The average molecular weight is 297 g/mol. The number of rotatable bonds is 3. The van der Waals surface area contributed by atoms with Crippen molar-refractivity contribution in [3.8, 4) is 0 Å². The van der Waals surface area contributed by atoms with Gasteiger partial charge in [0.2, 0.25) is 5.91 Å². The third kappa shape index (κ3) is 3.86. The highest BCUT2D eigenvalue weighted by molar-refractivity contribution is 5.80. The first-order valence-electron chi connectivity index (χ1n) is 7.48. The quantitative estimate of drug-likeness (QED) is 0.787. The molecule has 0 aromatic heterocycles. The van der Waals surface area contributed by atoms with Gasteiger partial charge in [-0.25, -0.2) is 4.79 Å². The summed E-state index contributed by atoms with van der Waals surface area (Å²) in [5.41, 5.74) is 0. The van der Waals surface area contributed by atoms with Gasteiger partial charge in [-0.1, -0.05) is 0 Å². The van der Waals surface area contributed by atoms with Crippen LogP contribution in [0.15, 0.2) is 0 Å². The maximum Gasteiger partial charge on any atom is 0.320 e. The molecule has 2 aliphatic rings. The lowest BCUT2D eigenvalue weighted by Gasteiger charge is -2.34. The number of nitrogens with zero attached hydrogens (tertiary/aromatic N) is 2. The van der Waals surface area contributed by atoms with Gasteiger partial charge in [0.25, 0.3) is 0 Å². The van der Waals surface area contributed by atoms with Crippen LogP contribution in [0.1, 0.15) is 25.7 Å². The van der Waals surface area contributed by atoms with Crippen LogP contribution in [0.2, 0.25) is 0 Å². The summed E-state index contributed by atoms with van der Waals surface area (Å²) in [7, 11) is 1.61. The van der Waals surface area contributed by atoms with E-state index in [-0.39, 0.29) is 30.2 Å². The molecule has 2 fully saturated rings. The van der Waals surface area contributed by atoms with Crippen LogP contribution in [0.25, 0.3) is 0 Å². The normalized spacial score (nSPS) is 25.8. The number of amides is 3. The summed E-state index contributed by atoms with van der Waals surface area (Å²) in [5.74, 6) is -0.916. The Balaban J connectivity index is 1.88. The molecular weight excluding hydrogens is 274 g/mol. The van der Waals surface area contributed by atoms with Crippen LogP contribution in [0, 0.1) is 11.8 Å². The van der Waals surface area contributed by atoms with E-state index in [0.29, 0.717) is 26.2 Å². The van der Waals surface area contributed by atoms with E-state index in [0.717, 1.165) is 19.3 Å². The number of nitrogens with one attached hydrogen (secondary N) is 1. The fraction of sp³-hybridized carbons (Fsp3) is 0.786. The summed E-state index contributed by atoms with van der Waals surface area (Å²) in [6, 6.07) is -0.0588. The highest BCUT2D eigenvalue weighted by Gasteiger charge is 2.33. The fourth-order valence-corrected chi connectivity index (χ4v) is 3.19. The van der Waals surface area contributed by atoms with Crippen molar-refractivity contribution < 1.29 is 19.5 Å². The highest BCUT2D eigenvalue weighted by atomic mass is 16.4. The van der Waals surface area contributed by atoms with Crippen molar-refractivity contribution in [3.63, 3.8) is 0 Å². The third-order valence-corrected chi connectivity index (χ3v) is 4.33. The maximum absolute atomic E-state index is 12.5. The number of aliphatic carboxylic acids is 1. The first-order chi connectivity index (χ1) is 10.0. The minimum Gasteiger partial charge on any atom is -0.481 e. The second-order valence-corrected chi connectivity index (χ2v) is 5.88. The molecular formula is C14H23N3O4. The predicted molar refractivity (Wildman–Crippen MR) is 75.7 cm³/mol. The Hall–Kier alpha value is -1.79. The topological polar surface area (TPSA) is 90.0 Å². The number of carboxylic acid groups (broad SMARTS) is 1. The molecule has 0 aromatic carbocycles. The molecule has 0 spiro atoms. The number of carbonyl (C=O) groups excluding carboxylic acids is 2. The van der Waals surface area contributed by atoms with Gasteiger partial charge in [0, 0.05) is 39.6 Å². The van der Waals surface area contributed by atoms with Crippen molar-refractivity contribution >= 4 is 17.9 Å². The van der Waals surface area contributed by atoms with Gasteiger partial charge in [-0.2, -0.15) is 0 Å². The molecule has 2 unspecified atom stereocenters. The van der Waals surface area contributed by atoms with Gasteiger partial charge in [0.1, 0.15) is 0 Å². The third-order valence-electron chi connectivity index (χ3n) is 4.33. The summed E-state index contributed by atoms with van der Waals surface area (Å²) in [5, 5.41) is 11.4. The summed E-state index contributed by atoms with van der Waals surface area (Å²) < 4.78 is 0. The fourth-order valence-electron chi connectivity index (χ4n) is 3.19. The van der Waals surface area contributed by atoms with E-state index in [9.17, 15) is 14.4 Å². The number of likely N-dealkylation sites (tertiary alicyclic amines) is 2. The molecule has 2 N–H and O–H groups in total. The first-order valence-corrected chi connectivity index (χ1v) is 7.48. The van der Waals surface area contributed by atoms with E-state index in [1.165, 1.54) is 0 Å². The molecule has 3 amide bonds. The molecule has 7 heteroatoms. The van der Waals surface area contributed by atoms with Gasteiger partial charge in [-0.05, 0) is 25.2 Å². The summed E-state index contributed by atoms with van der Waals surface area (Å²) >= 11 is 0. The molecule has 2 aliphatic heterocycles. The van der Waals surface area contributed by atoms with Gasteiger partial charge < -0.3 is 20.2 Å². The van der Waals surface area contributed by atoms with Crippen molar-refractivity contribution in [3.05, 3.63) is 0 Å². The van der Waals surface area contributed by atoms with Gasteiger partial charge in [-0.15, -0.1) is 0 Å². The van der Waals surface area contributed by atoms with Crippen LogP contribution < -0.4 is 5.32 Å². The number of hydrogen-bond acceptors (Lipinski definition) is 3. The molecule has 2 saturated heterocycles. The maximum atomic E-state index is 12.5. The Morgan fingerprint density at radius 2 is 1.86 bits per heavy atom. The minimum absolute atomic E-state index is 0.0160. The van der Waals surface area contributed by atoms with Crippen molar-refractivity contribution in [2.45, 2.75) is 25.7 Å². The van der Waals surface area contributed by atoms with Crippen LogP contribution in [-0.2, 0) is 9.59 Å². The van der Waals surface area contributed by atoms with Gasteiger partial charge in [-0.3, -0.25) is 9.59 Å². The van der Waals surface area contributed by atoms with E-state index in [1.54, 1.807) is 16.8 Å². The summed E-state index contributed by atoms with van der Waals surface area (Å²) in [4.78, 5) is 38.3. The van der Waals surface area contributed by atoms with E-state index in [2.05, 4.69) is 5.32 Å². The molecule has 2 heterocycles. The van der Waals surface area contributed by atoms with Crippen molar-refractivity contribution in [1.82, 2.24) is 15.1 Å². The van der Waals surface area contributed by atoms with Gasteiger partial charge in [0.05, 0.1) is 5.92 Å². The lowest BCUT2D eigenvalue weighted by Crippen LogP contribution is -2.49. The highest BCUT2D eigenvalue weighted by Crippen LogP contribution is 2.23. The second-order valence-electron chi connectivity index (χ2n) is 5.88. The zero-order valence-electron chi connectivity index (χ0n) is 12.4. The van der Waals surface area contributed by atoms with Crippen LogP contribution in [0.4, 0.5) is 4.79 Å².